The van der Waals surface area contributed by atoms with Gasteiger partial charge >= 0.3 is 0 Å². The van der Waals surface area contributed by atoms with Crippen LogP contribution in [0.5, 0.6) is 0 Å². The Bertz CT molecular complexity index is 1030. The summed E-state index contributed by atoms with van der Waals surface area (Å²) in [5.74, 6) is 0. The number of hydrogen-bond acceptors (Lipinski definition) is 6. The first kappa shape index (κ1) is 21.2. The SMILES string of the molecule is Cc1cc(N2CCN(Cc3ccn(C)n3)CC2)ccc1-c1cn(CC2CCCCO2)nn1. The molecule has 2 aliphatic heterocycles. The molecule has 0 radical (unpaired) electrons. The van der Waals surface area contributed by atoms with Crippen LogP contribution in [0.4, 0.5) is 5.69 Å². The van der Waals surface area contributed by atoms with Crippen LogP contribution >= 0.6 is 0 Å². The lowest BCUT2D eigenvalue weighted by atomic mass is 10.0. The van der Waals surface area contributed by atoms with E-state index in [-0.39, 0.29) is 6.10 Å². The molecule has 32 heavy (non-hydrogen) atoms. The Balaban J connectivity index is 1.19. The van der Waals surface area contributed by atoms with Crippen LogP contribution in [0.15, 0.2) is 36.7 Å². The highest BCUT2D eigenvalue weighted by atomic mass is 16.5. The Labute approximate surface area is 189 Å². The number of ether oxygens (including phenoxy) is 1. The van der Waals surface area contributed by atoms with Crippen LogP contribution in [-0.2, 0) is 24.9 Å². The van der Waals surface area contributed by atoms with Gasteiger partial charge in [0.2, 0.25) is 0 Å². The first-order valence-corrected chi connectivity index (χ1v) is 11.7. The molecule has 4 heterocycles. The van der Waals surface area contributed by atoms with Gasteiger partial charge in [0, 0.05) is 63.8 Å². The summed E-state index contributed by atoms with van der Waals surface area (Å²) in [6.45, 7) is 8.90. The van der Waals surface area contributed by atoms with E-state index < -0.39 is 0 Å². The van der Waals surface area contributed by atoms with Crippen LogP contribution in [0.25, 0.3) is 11.3 Å². The first-order chi connectivity index (χ1) is 15.6. The molecule has 1 unspecified atom stereocenters. The van der Waals surface area contributed by atoms with Crippen LogP contribution in [0.2, 0.25) is 0 Å². The minimum absolute atomic E-state index is 0.262. The van der Waals surface area contributed by atoms with Gasteiger partial charge in [0.25, 0.3) is 0 Å². The van der Waals surface area contributed by atoms with Crippen molar-refractivity contribution in [3.63, 3.8) is 0 Å². The van der Waals surface area contributed by atoms with E-state index in [0.29, 0.717) is 0 Å². The minimum atomic E-state index is 0.262. The number of anilines is 1. The highest BCUT2D eigenvalue weighted by Crippen LogP contribution is 2.27. The summed E-state index contributed by atoms with van der Waals surface area (Å²) in [6, 6.07) is 8.80. The molecule has 0 amide bonds. The van der Waals surface area contributed by atoms with Gasteiger partial charge in [0.15, 0.2) is 0 Å². The number of hydrogen-bond donors (Lipinski definition) is 0. The normalized spacial score (nSPS) is 20.1. The average Bonchev–Trinajstić information content (AvgIpc) is 3.43. The summed E-state index contributed by atoms with van der Waals surface area (Å²) < 4.78 is 9.65. The predicted octanol–water partition coefficient (Wildman–Crippen LogP) is 2.88. The van der Waals surface area contributed by atoms with Crippen molar-refractivity contribution >= 4 is 5.69 Å². The zero-order chi connectivity index (χ0) is 21.9. The maximum Gasteiger partial charge on any atom is 0.113 e. The third-order valence-corrected chi connectivity index (χ3v) is 6.58. The Hall–Kier alpha value is -2.71. The molecule has 0 aliphatic carbocycles. The van der Waals surface area contributed by atoms with E-state index in [1.54, 1.807) is 0 Å². The van der Waals surface area contributed by atoms with Gasteiger partial charge in [-0.05, 0) is 49.9 Å². The molecular formula is C24H33N7O. The predicted molar refractivity (Wildman–Crippen MR) is 124 cm³/mol. The van der Waals surface area contributed by atoms with E-state index in [9.17, 15) is 0 Å². The van der Waals surface area contributed by atoms with Crippen molar-refractivity contribution in [2.75, 3.05) is 37.7 Å². The zero-order valence-electron chi connectivity index (χ0n) is 19.2. The number of aromatic nitrogens is 5. The second-order valence-electron chi connectivity index (χ2n) is 9.06. The monoisotopic (exact) mass is 435 g/mol. The molecule has 8 heteroatoms. The number of benzene rings is 1. The molecule has 170 valence electrons. The van der Waals surface area contributed by atoms with Crippen LogP contribution < -0.4 is 4.90 Å². The number of aryl methyl sites for hydroxylation is 2. The van der Waals surface area contributed by atoms with Crippen molar-refractivity contribution in [3.05, 3.63) is 47.9 Å². The van der Waals surface area contributed by atoms with E-state index in [0.717, 1.165) is 69.2 Å². The summed E-state index contributed by atoms with van der Waals surface area (Å²) in [7, 11) is 1.97. The standard InChI is InChI=1S/C24H33N7O/c1-19-15-21(30-12-10-29(11-13-30)16-20-8-9-28(2)26-20)6-7-23(19)24-18-31(27-25-24)17-22-5-3-4-14-32-22/h6-9,15,18,22H,3-5,10-14,16-17H2,1-2H3. The third kappa shape index (κ3) is 4.86. The largest absolute Gasteiger partial charge is 0.376 e. The second-order valence-corrected chi connectivity index (χ2v) is 9.06. The molecule has 2 aliphatic rings. The fourth-order valence-corrected chi connectivity index (χ4v) is 4.74. The number of rotatable bonds is 6. The van der Waals surface area contributed by atoms with Crippen molar-refractivity contribution < 1.29 is 4.74 Å². The van der Waals surface area contributed by atoms with Gasteiger partial charge in [-0.3, -0.25) is 9.58 Å². The molecule has 2 aromatic heterocycles. The number of piperazine rings is 1. The summed E-state index contributed by atoms with van der Waals surface area (Å²) in [5, 5.41) is 13.3. The van der Waals surface area contributed by atoms with Crippen LogP contribution in [0.3, 0.4) is 0 Å². The molecule has 2 fully saturated rings. The van der Waals surface area contributed by atoms with Gasteiger partial charge in [0.05, 0.1) is 24.5 Å². The Morgan fingerprint density at radius 1 is 1.09 bits per heavy atom. The van der Waals surface area contributed by atoms with E-state index in [1.165, 1.54) is 24.1 Å². The maximum atomic E-state index is 5.84. The van der Waals surface area contributed by atoms with Gasteiger partial charge in [0.1, 0.15) is 5.69 Å². The molecule has 1 aromatic carbocycles. The fraction of sp³-hybridized carbons (Fsp3) is 0.542. The third-order valence-electron chi connectivity index (χ3n) is 6.58. The minimum Gasteiger partial charge on any atom is -0.376 e. The average molecular weight is 436 g/mol. The molecule has 0 spiro atoms. The summed E-state index contributed by atoms with van der Waals surface area (Å²) in [6.07, 6.45) is 7.85. The Kier molecular flexibility index (Phi) is 6.23. The second kappa shape index (κ2) is 9.42. The topological polar surface area (TPSA) is 64.2 Å². The zero-order valence-corrected chi connectivity index (χ0v) is 19.2. The van der Waals surface area contributed by atoms with Crippen LogP contribution in [0.1, 0.15) is 30.5 Å². The summed E-state index contributed by atoms with van der Waals surface area (Å²) >= 11 is 0. The smallest absolute Gasteiger partial charge is 0.113 e. The van der Waals surface area contributed by atoms with Crippen LogP contribution in [-0.4, -0.2) is 68.6 Å². The van der Waals surface area contributed by atoms with Gasteiger partial charge in [-0.15, -0.1) is 5.10 Å². The Morgan fingerprint density at radius 2 is 1.97 bits per heavy atom. The van der Waals surface area contributed by atoms with Crippen molar-refractivity contribution in [2.24, 2.45) is 7.05 Å². The Morgan fingerprint density at radius 3 is 2.69 bits per heavy atom. The molecule has 2 saturated heterocycles. The highest BCUT2D eigenvalue weighted by Gasteiger charge is 2.20. The van der Waals surface area contributed by atoms with Gasteiger partial charge < -0.3 is 9.64 Å². The molecule has 0 N–H and O–H groups in total. The molecule has 1 atom stereocenters. The molecule has 3 aromatic rings. The lowest BCUT2D eigenvalue weighted by Gasteiger charge is -2.36. The first-order valence-electron chi connectivity index (χ1n) is 11.7. The van der Waals surface area contributed by atoms with Crippen LogP contribution in [0, 0.1) is 6.92 Å². The van der Waals surface area contributed by atoms with Gasteiger partial charge in [-0.25, -0.2) is 4.68 Å². The van der Waals surface area contributed by atoms with Crippen molar-refractivity contribution in [1.29, 1.82) is 0 Å². The lowest BCUT2D eigenvalue weighted by Crippen LogP contribution is -2.46. The fourth-order valence-electron chi connectivity index (χ4n) is 4.74. The molecule has 8 nitrogen and oxygen atoms in total. The quantitative estimate of drug-likeness (QED) is 0.593. The van der Waals surface area contributed by atoms with Gasteiger partial charge in [-0.2, -0.15) is 5.10 Å². The lowest BCUT2D eigenvalue weighted by molar-refractivity contribution is 0.00370. The van der Waals surface area contributed by atoms with E-state index in [1.807, 2.05) is 22.6 Å². The molecule has 0 saturated carbocycles. The van der Waals surface area contributed by atoms with E-state index in [2.05, 4.69) is 62.6 Å². The molecular weight excluding hydrogens is 402 g/mol. The number of nitrogens with zero attached hydrogens (tertiary/aromatic N) is 7. The molecule has 0 bridgehead atoms. The van der Waals surface area contributed by atoms with Crippen molar-refractivity contribution in [3.8, 4) is 11.3 Å². The maximum absolute atomic E-state index is 5.84. The van der Waals surface area contributed by atoms with Gasteiger partial charge in [-0.1, -0.05) is 11.3 Å². The summed E-state index contributed by atoms with van der Waals surface area (Å²) in [5.41, 5.74) is 5.75. The molecule has 5 rings (SSSR count). The van der Waals surface area contributed by atoms with Crippen molar-refractivity contribution in [2.45, 2.75) is 45.4 Å². The van der Waals surface area contributed by atoms with Crippen molar-refractivity contribution in [1.82, 2.24) is 29.7 Å². The summed E-state index contributed by atoms with van der Waals surface area (Å²) in [4.78, 5) is 4.96. The highest BCUT2D eigenvalue weighted by molar-refractivity contribution is 5.67. The van der Waals surface area contributed by atoms with E-state index >= 15 is 0 Å². The van der Waals surface area contributed by atoms with E-state index in [4.69, 9.17) is 4.74 Å².